The molecule has 8 heteroatoms. The van der Waals surface area contributed by atoms with Crippen LogP contribution in [0.25, 0.3) is 10.9 Å². The quantitative estimate of drug-likeness (QED) is 0.685. The molecule has 1 N–H and O–H groups in total. The van der Waals surface area contributed by atoms with E-state index in [4.69, 9.17) is 0 Å². The van der Waals surface area contributed by atoms with Gasteiger partial charge >= 0.3 is 0 Å². The third kappa shape index (κ3) is 3.65. The summed E-state index contributed by atoms with van der Waals surface area (Å²) >= 11 is 3.45. The first-order valence-corrected chi connectivity index (χ1v) is 9.77. The van der Waals surface area contributed by atoms with Gasteiger partial charge in [0.15, 0.2) is 0 Å². The Hall–Kier alpha value is -2.03. The number of halogens is 1. The molecule has 0 atom stereocenters. The van der Waals surface area contributed by atoms with Crippen LogP contribution in [-0.2, 0) is 16.6 Å². The number of fused-ring (bicyclic) bond motifs is 1. The van der Waals surface area contributed by atoms with Gasteiger partial charge in [0.2, 0.25) is 10.0 Å². The average molecular weight is 421 g/mol. The maximum absolute atomic E-state index is 12.5. The molecule has 0 saturated carbocycles. The second kappa shape index (κ2) is 7.07. The zero-order chi connectivity index (χ0) is 18.0. The normalized spacial score (nSPS) is 11.8. The summed E-state index contributed by atoms with van der Waals surface area (Å²) < 4.78 is 27.1. The second-order valence-corrected chi connectivity index (χ2v) is 8.67. The van der Waals surface area contributed by atoms with Crippen molar-refractivity contribution in [2.45, 2.75) is 11.4 Å². The molecule has 0 unspecified atom stereocenters. The molecule has 0 saturated heterocycles. The van der Waals surface area contributed by atoms with E-state index in [0.717, 1.165) is 15.4 Å². The first-order valence-electron chi connectivity index (χ1n) is 7.54. The monoisotopic (exact) mass is 420 g/mol. The lowest BCUT2D eigenvalue weighted by molar-refractivity contribution is 0.520. The Morgan fingerprint density at radius 3 is 2.64 bits per heavy atom. The Kier molecular flexibility index (Phi) is 5.03. The molecule has 3 rings (SSSR count). The van der Waals surface area contributed by atoms with Crippen LogP contribution in [0.3, 0.4) is 0 Å². The highest BCUT2D eigenvalue weighted by Crippen LogP contribution is 2.25. The van der Waals surface area contributed by atoms with E-state index in [9.17, 15) is 8.42 Å². The summed E-state index contributed by atoms with van der Waals surface area (Å²) in [4.78, 5) is 8.81. The molecule has 0 bridgehead atoms. The van der Waals surface area contributed by atoms with Crippen LogP contribution in [0.4, 0.5) is 5.82 Å². The van der Waals surface area contributed by atoms with E-state index < -0.39 is 10.0 Å². The lowest BCUT2D eigenvalue weighted by atomic mass is 10.2. The maximum atomic E-state index is 12.5. The van der Waals surface area contributed by atoms with Gasteiger partial charge in [0.25, 0.3) is 0 Å². The molecule has 0 aliphatic heterocycles. The van der Waals surface area contributed by atoms with Gasteiger partial charge < -0.3 is 5.32 Å². The maximum Gasteiger partial charge on any atom is 0.242 e. The standard InChI is InChI=1S/C17H17BrN4O2S/c1-22(2)25(23,24)16-6-4-3-5-12(16)10-19-17-14-9-13(18)7-8-15(14)20-11-21-17/h3-9,11H,10H2,1-2H3,(H,19,20,21). The van der Waals surface area contributed by atoms with Gasteiger partial charge in [-0.1, -0.05) is 34.1 Å². The van der Waals surface area contributed by atoms with Crippen LogP contribution in [0, 0.1) is 0 Å². The van der Waals surface area contributed by atoms with E-state index in [0.29, 0.717) is 17.9 Å². The third-order valence-electron chi connectivity index (χ3n) is 3.77. The van der Waals surface area contributed by atoms with Crippen molar-refractivity contribution >= 4 is 42.7 Å². The van der Waals surface area contributed by atoms with Gasteiger partial charge in [-0.3, -0.25) is 0 Å². The molecule has 0 spiro atoms. The number of rotatable bonds is 5. The van der Waals surface area contributed by atoms with E-state index in [-0.39, 0.29) is 4.90 Å². The minimum absolute atomic E-state index is 0.284. The van der Waals surface area contributed by atoms with Gasteiger partial charge in [-0.2, -0.15) is 0 Å². The Balaban J connectivity index is 1.95. The summed E-state index contributed by atoms with van der Waals surface area (Å²) in [6.07, 6.45) is 1.49. The summed E-state index contributed by atoms with van der Waals surface area (Å²) in [5.41, 5.74) is 1.49. The first-order chi connectivity index (χ1) is 11.9. The van der Waals surface area contributed by atoms with Crippen LogP contribution in [-0.4, -0.2) is 36.8 Å². The highest BCUT2D eigenvalue weighted by Gasteiger charge is 2.20. The fourth-order valence-electron chi connectivity index (χ4n) is 2.45. The highest BCUT2D eigenvalue weighted by atomic mass is 79.9. The molecule has 25 heavy (non-hydrogen) atoms. The average Bonchev–Trinajstić information content (AvgIpc) is 2.60. The molecule has 130 valence electrons. The molecule has 1 heterocycles. The predicted molar refractivity (Wildman–Crippen MR) is 102 cm³/mol. The fraction of sp³-hybridized carbons (Fsp3) is 0.176. The van der Waals surface area contributed by atoms with Gasteiger partial charge in [-0.15, -0.1) is 0 Å². The SMILES string of the molecule is CN(C)S(=O)(=O)c1ccccc1CNc1ncnc2ccc(Br)cc12. The Morgan fingerprint density at radius 1 is 1.12 bits per heavy atom. The van der Waals surface area contributed by atoms with Gasteiger partial charge in [0, 0.05) is 30.5 Å². The third-order valence-corrected chi connectivity index (χ3v) is 6.18. The van der Waals surface area contributed by atoms with E-state index in [2.05, 4.69) is 31.2 Å². The fourth-order valence-corrected chi connectivity index (χ4v) is 3.92. The predicted octanol–water partition coefficient (Wildman–Crippen LogP) is 3.25. The number of hydrogen-bond acceptors (Lipinski definition) is 5. The van der Waals surface area contributed by atoms with Crippen molar-refractivity contribution in [1.82, 2.24) is 14.3 Å². The summed E-state index contributed by atoms with van der Waals surface area (Å²) in [5, 5.41) is 4.09. The van der Waals surface area contributed by atoms with Crippen molar-refractivity contribution < 1.29 is 8.42 Å². The molecule has 3 aromatic rings. The van der Waals surface area contributed by atoms with Gasteiger partial charge in [0.1, 0.15) is 12.1 Å². The van der Waals surface area contributed by atoms with Crippen molar-refractivity contribution in [3.05, 3.63) is 58.8 Å². The molecule has 0 aliphatic carbocycles. The number of nitrogens with zero attached hydrogens (tertiary/aromatic N) is 3. The molecular formula is C17H17BrN4O2S. The number of benzene rings is 2. The lowest BCUT2D eigenvalue weighted by Gasteiger charge is -2.16. The molecule has 6 nitrogen and oxygen atoms in total. The topological polar surface area (TPSA) is 75.2 Å². The Bertz CT molecular complexity index is 1020. The largest absolute Gasteiger partial charge is 0.365 e. The van der Waals surface area contributed by atoms with Crippen LogP contribution in [0.15, 0.2) is 58.2 Å². The van der Waals surface area contributed by atoms with E-state index in [1.54, 1.807) is 18.2 Å². The van der Waals surface area contributed by atoms with E-state index in [1.165, 1.54) is 24.7 Å². The van der Waals surface area contributed by atoms with Crippen LogP contribution < -0.4 is 5.32 Å². The Morgan fingerprint density at radius 2 is 1.88 bits per heavy atom. The molecule has 0 aliphatic rings. The van der Waals surface area contributed by atoms with Gasteiger partial charge in [0.05, 0.1) is 10.4 Å². The van der Waals surface area contributed by atoms with Crippen LogP contribution in [0.1, 0.15) is 5.56 Å². The first kappa shape index (κ1) is 17.8. The van der Waals surface area contributed by atoms with Crippen molar-refractivity contribution in [2.75, 3.05) is 19.4 Å². The highest BCUT2D eigenvalue weighted by molar-refractivity contribution is 9.10. The van der Waals surface area contributed by atoms with Crippen molar-refractivity contribution in [1.29, 1.82) is 0 Å². The lowest BCUT2D eigenvalue weighted by Crippen LogP contribution is -2.23. The van der Waals surface area contributed by atoms with Crippen LogP contribution in [0.5, 0.6) is 0 Å². The zero-order valence-electron chi connectivity index (χ0n) is 13.8. The number of sulfonamides is 1. The van der Waals surface area contributed by atoms with Gasteiger partial charge in [-0.25, -0.2) is 22.7 Å². The van der Waals surface area contributed by atoms with E-state index in [1.807, 2.05) is 24.3 Å². The number of hydrogen-bond donors (Lipinski definition) is 1. The summed E-state index contributed by atoms with van der Waals surface area (Å²) in [7, 11) is -0.462. The molecule has 0 radical (unpaired) electrons. The zero-order valence-corrected chi connectivity index (χ0v) is 16.2. The van der Waals surface area contributed by atoms with Crippen molar-refractivity contribution in [2.24, 2.45) is 0 Å². The van der Waals surface area contributed by atoms with Gasteiger partial charge in [-0.05, 0) is 29.8 Å². The number of nitrogens with one attached hydrogen (secondary N) is 1. The Labute approximate surface area is 155 Å². The summed E-state index contributed by atoms with van der Waals surface area (Å²) in [6.45, 7) is 0.335. The van der Waals surface area contributed by atoms with Crippen molar-refractivity contribution in [3.8, 4) is 0 Å². The number of anilines is 1. The van der Waals surface area contributed by atoms with Crippen LogP contribution in [0.2, 0.25) is 0 Å². The summed E-state index contributed by atoms with van der Waals surface area (Å²) in [6, 6.07) is 12.7. The summed E-state index contributed by atoms with van der Waals surface area (Å²) in [5.74, 6) is 0.656. The molecule has 1 aromatic heterocycles. The minimum Gasteiger partial charge on any atom is -0.365 e. The molecule has 2 aromatic carbocycles. The number of aromatic nitrogens is 2. The second-order valence-electron chi connectivity index (χ2n) is 5.63. The van der Waals surface area contributed by atoms with Crippen LogP contribution >= 0.6 is 15.9 Å². The molecule has 0 amide bonds. The smallest absolute Gasteiger partial charge is 0.242 e. The van der Waals surface area contributed by atoms with E-state index >= 15 is 0 Å². The molecule has 0 fully saturated rings. The van der Waals surface area contributed by atoms with Crippen molar-refractivity contribution in [3.63, 3.8) is 0 Å². The minimum atomic E-state index is -3.51. The molecular weight excluding hydrogens is 404 g/mol.